The fourth-order valence-electron chi connectivity index (χ4n) is 3.99. The van der Waals surface area contributed by atoms with E-state index in [4.69, 9.17) is 4.84 Å². The molecule has 3 amide bonds. The van der Waals surface area contributed by atoms with E-state index >= 15 is 0 Å². The van der Waals surface area contributed by atoms with Crippen LogP contribution < -0.4 is 10.6 Å². The van der Waals surface area contributed by atoms with Crippen molar-refractivity contribution < 1.29 is 14.4 Å². The Labute approximate surface area is 181 Å². The number of benzene rings is 1. The molecule has 162 valence electrons. The number of oxime groups is 1. The third kappa shape index (κ3) is 5.02. The van der Waals surface area contributed by atoms with E-state index in [1.807, 2.05) is 36.4 Å². The summed E-state index contributed by atoms with van der Waals surface area (Å²) in [4.78, 5) is 36.8. The number of amides is 3. The third-order valence-electron chi connectivity index (χ3n) is 5.72. The number of piperidine rings is 1. The number of nitrogens with one attached hydrogen (secondary N) is 2. The standard InChI is InChI=1S/C23H27N5O3/c1-2-17-5-3-6-19(13-17)26-22(30)28-12-4-9-23(16-28)14-20(27-31-23)21(29)25-15-18-7-10-24-11-8-18/h3,5-8,10-11,13H,2,4,9,12,14-16H2,1H3,(H,25,29)(H,26,30). The molecule has 0 radical (unpaired) electrons. The first-order valence-electron chi connectivity index (χ1n) is 10.6. The van der Waals surface area contributed by atoms with Crippen molar-refractivity contribution in [1.29, 1.82) is 0 Å². The van der Waals surface area contributed by atoms with Gasteiger partial charge in [-0.15, -0.1) is 0 Å². The number of carbonyl (C=O) groups excluding carboxylic acids is 2. The van der Waals surface area contributed by atoms with Gasteiger partial charge >= 0.3 is 6.03 Å². The second-order valence-electron chi connectivity index (χ2n) is 8.04. The highest BCUT2D eigenvalue weighted by Gasteiger charge is 2.45. The van der Waals surface area contributed by atoms with Crippen LogP contribution >= 0.6 is 0 Å². The number of aryl methyl sites for hydroxylation is 1. The maximum absolute atomic E-state index is 12.8. The minimum absolute atomic E-state index is 0.161. The van der Waals surface area contributed by atoms with Gasteiger partial charge in [-0.05, 0) is 54.7 Å². The summed E-state index contributed by atoms with van der Waals surface area (Å²) in [5, 5.41) is 9.90. The molecular formula is C23H27N5O3. The van der Waals surface area contributed by atoms with Crippen LogP contribution in [-0.2, 0) is 22.6 Å². The van der Waals surface area contributed by atoms with Gasteiger partial charge in [0.05, 0.1) is 6.54 Å². The molecule has 8 nitrogen and oxygen atoms in total. The van der Waals surface area contributed by atoms with Gasteiger partial charge in [0.15, 0.2) is 5.60 Å². The minimum Gasteiger partial charge on any atom is -0.386 e. The summed E-state index contributed by atoms with van der Waals surface area (Å²) >= 11 is 0. The normalized spacial score (nSPS) is 20.2. The van der Waals surface area contributed by atoms with E-state index in [0.717, 1.165) is 30.5 Å². The number of anilines is 1. The first-order valence-corrected chi connectivity index (χ1v) is 10.6. The van der Waals surface area contributed by atoms with Crippen LogP contribution in [-0.4, -0.2) is 46.2 Å². The second kappa shape index (κ2) is 9.16. The topological polar surface area (TPSA) is 95.9 Å². The molecule has 0 saturated carbocycles. The molecule has 4 rings (SSSR count). The number of hydrogen-bond acceptors (Lipinski definition) is 5. The predicted octanol–water partition coefficient (Wildman–Crippen LogP) is 3.10. The highest BCUT2D eigenvalue weighted by molar-refractivity contribution is 6.39. The van der Waals surface area contributed by atoms with E-state index in [1.165, 1.54) is 5.56 Å². The molecule has 1 aromatic heterocycles. The Hall–Kier alpha value is -3.42. The Balaban J connectivity index is 1.32. The molecule has 1 fully saturated rings. The van der Waals surface area contributed by atoms with Gasteiger partial charge in [0.25, 0.3) is 5.91 Å². The van der Waals surface area contributed by atoms with Gasteiger partial charge < -0.3 is 20.4 Å². The van der Waals surface area contributed by atoms with Crippen LogP contribution in [0.4, 0.5) is 10.5 Å². The first kappa shape index (κ1) is 20.8. The molecule has 0 aliphatic carbocycles. The number of aromatic nitrogens is 1. The molecule has 1 unspecified atom stereocenters. The number of rotatable bonds is 5. The van der Waals surface area contributed by atoms with Crippen LogP contribution in [0.5, 0.6) is 0 Å². The summed E-state index contributed by atoms with van der Waals surface area (Å²) in [7, 11) is 0. The van der Waals surface area contributed by atoms with E-state index in [1.54, 1.807) is 17.3 Å². The molecule has 2 N–H and O–H groups in total. The van der Waals surface area contributed by atoms with Crippen LogP contribution in [0.25, 0.3) is 0 Å². The molecule has 0 bridgehead atoms. The predicted molar refractivity (Wildman–Crippen MR) is 118 cm³/mol. The molecule has 1 spiro atoms. The average molecular weight is 422 g/mol. The van der Waals surface area contributed by atoms with E-state index in [-0.39, 0.29) is 11.9 Å². The molecule has 1 saturated heterocycles. The van der Waals surface area contributed by atoms with Crippen molar-refractivity contribution in [3.05, 3.63) is 59.9 Å². The van der Waals surface area contributed by atoms with Gasteiger partial charge in [-0.2, -0.15) is 0 Å². The number of pyridine rings is 1. The summed E-state index contributed by atoms with van der Waals surface area (Å²) in [5.41, 5.74) is 2.65. The summed E-state index contributed by atoms with van der Waals surface area (Å²) < 4.78 is 0. The van der Waals surface area contributed by atoms with Crippen molar-refractivity contribution in [3.63, 3.8) is 0 Å². The highest BCUT2D eigenvalue weighted by Crippen LogP contribution is 2.33. The van der Waals surface area contributed by atoms with E-state index in [9.17, 15) is 9.59 Å². The molecule has 8 heteroatoms. The van der Waals surface area contributed by atoms with Gasteiger partial charge in [0.2, 0.25) is 0 Å². The molecular weight excluding hydrogens is 394 g/mol. The molecule has 2 aliphatic heterocycles. The number of likely N-dealkylation sites (tertiary alicyclic amines) is 1. The Kier molecular flexibility index (Phi) is 6.16. The van der Waals surface area contributed by atoms with Crippen molar-refractivity contribution in [2.24, 2.45) is 5.16 Å². The van der Waals surface area contributed by atoms with Crippen molar-refractivity contribution in [3.8, 4) is 0 Å². The molecule has 3 heterocycles. The first-order chi connectivity index (χ1) is 15.1. The monoisotopic (exact) mass is 421 g/mol. The Morgan fingerprint density at radius 2 is 2.03 bits per heavy atom. The quantitative estimate of drug-likeness (QED) is 0.775. The zero-order valence-corrected chi connectivity index (χ0v) is 17.6. The van der Waals surface area contributed by atoms with Crippen molar-refractivity contribution >= 4 is 23.3 Å². The lowest BCUT2D eigenvalue weighted by atomic mass is 9.88. The zero-order valence-electron chi connectivity index (χ0n) is 17.6. The highest BCUT2D eigenvalue weighted by atomic mass is 16.7. The van der Waals surface area contributed by atoms with Crippen LogP contribution in [0.1, 0.15) is 37.3 Å². The summed E-state index contributed by atoms with van der Waals surface area (Å²) in [5.74, 6) is -0.244. The molecule has 2 aliphatic rings. The lowest BCUT2D eigenvalue weighted by molar-refractivity contribution is -0.115. The Morgan fingerprint density at radius 1 is 1.19 bits per heavy atom. The van der Waals surface area contributed by atoms with Gasteiger partial charge in [0.1, 0.15) is 5.71 Å². The number of nitrogens with zero attached hydrogens (tertiary/aromatic N) is 3. The second-order valence-corrected chi connectivity index (χ2v) is 8.04. The zero-order chi connectivity index (χ0) is 21.7. The summed E-state index contributed by atoms with van der Waals surface area (Å²) in [6.45, 7) is 3.53. The van der Waals surface area contributed by atoms with Crippen LogP contribution in [0.2, 0.25) is 0 Å². The van der Waals surface area contributed by atoms with Crippen LogP contribution in [0.15, 0.2) is 53.9 Å². The Morgan fingerprint density at radius 3 is 2.84 bits per heavy atom. The van der Waals surface area contributed by atoms with Gasteiger partial charge in [-0.1, -0.05) is 24.2 Å². The maximum Gasteiger partial charge on any atom is 0.321 e. The van der Waals surface area contributed by atoms with E-state index < -0.39 is 5.60 Å². The van der Waals surface area contributed by atoms with Crippen molar-refractivity contribution in [1.82, 2.24) is 15.2 Å². The molecule has 2 aromatic rings. The lowest BCUT2D eigenvalue weighted by Gasteiger charge is -2.38. The molecule has 1 aromatic carbocycles. The number of urea groups is 1. The smallest absolute Gasteiger partial charge is 0.321 e. The van der Waals surface area contributed by atoms with Crippen molar-refractivity contribution in [2.75, 3.05) is 18.4 Å². The van der Waals surface area contributed by atoms with E-state index in [2.05, 4.69) is 27.7 Å². The van der Waals surface area contributed by atoms with Gasteiger partial charge in [0, 0.05) is 37.6 Å². The van der Waals surface area contributed by atoms with Gasteiger partial charge in [-0.25, -0.2) is 4.79 Å². The van der Waals surface area contributed by atoms with Crippen LogP contribution in [0, 0.1) is 0 Å². The maximum atomic E-state index is 12.8. The molecule has 31 heavy (non-hydrogen) atoms. The van der Waals surface area contributed by atoms with Crippen LogP contribution in [0.3, 0.4) is 0 Å². The summed E-state index contributed by atoms with van der Waals surface area (Å²) in [6, 6.07) is 11.4. The fraction of sp³-hybridized carbons (Fsp3) is 0.391. The number of carbonyl (C=O) groups is 2. The molecule has 1 atom stereocenters. The summed E-state index contributed by atoms with van der Waals surface area (Å²) in [6.07, 6.45) is 6.23. The SMILES string of the molecule is CCc1cccc(NC(=O)N2CCCC3(CC(C(=O)NCc4ccncc4)=NO3)C2)c1. The fourth-order valence-corrected chi connectivity index (χ4v) is 3.99. The minimum atomic E-state index is -0.635. The largest absolute Gasteiger partial charge is 0.386 e. The van der Waals surface area contributed by atoms with Gasteiger partial charge in [-0.3, -0.25) is 9.78 Å². The lowest BCUT2D eigenvalue weighted by Crippen LogP contribution is -2.52. The number of hydrogen-bond donors (Lipinski definition) is 2. The average Bonchev–Trinajstić information content (AvgIpc) is 3.21. The van der Waals surface area contributed by atoms with Crippen molar-refractivity contribution in [2.45, 2.75) is 44.8 Å². The Bertz CT molecular complexity index is 978. The van der Waals surface area contributed by atoms with E-state index in [0.29, 0.717) is 31.8 Å². The third-order valence-corrected chi connectivity index (χ3v) is 5.72.